The minimum absolute atomic E-state index is 0. The van der Waals surface area contributed by atoms with Crippen LogP contribution in [0.4, 0.5) is 0 Å². The zero-order chi connectivity index (χ0) is 9.97. The van der Waals surface area contributed by atoms with Crippen molar-refractivity contribution in [2.24, 2.45) is 0 Å². The van der Waals surface area contributed by atoms with Crippen LogP contribution in [-0.2, 0) is 0 Å². The average molecular weight is 293 g/mol. The summed E-state index contributed by atoms with van der Waals surface area (Å²) in [5.74, 6) is 0. The van der Waals surface area contributed by atoms with E-state index in [1.54, 1.807) is 0 Å². The van der Waals surface area contributed by atoms with E-state index in [9.17, 15) is 5.11 Å². The Labute approximate surface area is 105 Å². The predicted octanol–water partition coefficient (Wildman–Crippen LogP) is 2.66. The maximum atomic E-state index is 9.58. The Morgan fingerprint density at radius 3 is 2.73 bits per heavy atom. The van der Waals surface area contributed by atoms with E-state index in [1.165, 1.54) is 5.56 Å². The number of nitrogens with one attached hydrogen (secondary N) is 1. The molecule has 1 aromatic carbocycles. The first-order chi connectivity index (χ1) is 6.77. The van der Waals surface area contributed by atoms with Crippen LogP contribution in [0.2, 0.25) is 0 Å². The lowest BCUT2D eigenvalue weighted by molar-refractivity contribution is 0.116. The number of rotatable bonds is 1. The quantitative estimate of drug-likeness (QED) is 0.834. The van der Waals surface area contributed by atoms with Gasteiger partial charge in [0.2, 0.25) is 0 Å². The molecule has 0 spiro atoms. The van der Waals surface area contributed by atoms with Gasteiger partial charge in [-0.3, -0.25) is 0 Å². The molecule has 0 bridgehead atoms. The van der Waals surface area contributed by atoms with Crippen LogP contribution in [0.15, 0.2) is 28.7 Å². The maximum absolute atomic E-state index is 9.58. The summed E-state index contributed by atoms with van der Waals surface area (Å²) >= 11 is 3.53. The Balaban J connectivity index is 0.00000112. The molecule has 1 aliphatic rings. The summed E-state index contributed by atoms with van der Waals surface area (Å²) in [5, 5.41) is 13.0. The van der Waals surface area contributed by atoms with E-state index in [0.717, 1.165) is 23.9 Å². The molecule has 0 radical (unpaired) electrons. The fourth-order valence-electron chi connectivity index (χ4n) is 1.89. The largest absolute Gasteiger partial charge is 0.393 e. The van der Waals surface area contributed by atoms with Gasteiger partial charge in [-0.25, -0.2) is 0 Å². The van der Waals surface area contributed by atoms with Crippen LogP contribution >= 0.6 is 28.3 Å². The number of halogens is 2. The molecule has 2 nitrogen and oxygen atoms in total. The number of hydrogen-bond donors (Lipinski definition) is 2. The van der Waals surface area contributed by atoms with E-state index in [1.807, 2.05) is 18.2 Å². The van der Waals surface area contributed by atoms with Crippen molar-refractivity contribution >= 4 is 28.3 Å². The lowest BCUT2D eigenvalue weighted by Crippen LogP contribution is -2.34. The van der Waals surface area contributed by atoms with E-state index >= 15 is 0 Å². The average Bonchev–Trinajstić information content (AvgIpc) is 2.18. The zero-order valence-corrected chi connectivity index (χ0v) is 10.7. The molecule has 84 valence electrons. The number of hydrogen-bond acceptors (Lipinski definition) is 2. The molecular weight excluding hydrogens is 277 g/mol. The van der Waals surface area contributed by atoms with Gasteiger partial charge in [0.05, 0.1) is 6.10 Å². The third-order valence-corrected chi connectivity index (χ3v) is 3.38. The molecule has 1 heterocycles. The highest BCUT2D eigenvalue weighted by Gasteiger charge is 2.21. The van der Waals surface area contributed by atoms with Crippen LogP contribution in [0.25, 0.3) is 0 Å². The second-order valence-corrected chi connectivity index (χ2v) is 4.56. The molecule has 2 rings (SSSR count). The van der Waals surface area contributed by atoms with Crippen LogP contribution in [0.5, 0.6) is 0 Å². The minimum Gasteiger partial charge on any atom is -0.393 e. The summed E-state index contributed by atoms with van der Waals surface area (Å²) in [6.45, 7) is 0.896. The van der Waals surface area contributed by atoms with Gasteiger partial charge < -0.3 is 10.4 Å². The van der Waals surface area contributed by atoms with Crippen molar-refractivity contribution in [2.75, 3.05) is 6.54 Å². The van der Waals surface area contributed by atoms with Gasteiger partial charge in [0, 0.05) is 10.5 Å². The second-order valence-electron chi connectivity index (χ2n) is 3.71. The van der Waals surface area contributed by atoms with E-state index in [2.05, 4.69) is 27.3 Å². The van der Waals surface area contributed by atoms with Crippen molar-refractivity contribution in [2.45, 2.75) is 25.0 Å². The Morgan fingerprint density at radius 2 is 2.07 bits per heavy atom. The summed E-state index contributed by atoms with van der Waals surface area (Å²) in [6, 6.07) is 8.46. The summed E-state index contributed by atoms with van der Waals surface area (Å²) < 4.78 is 1.12. The SMILES string of the molecule is Cl.OC1CCNC(c2ccccc2Br)C1. The van der Waals surface area contributed by atoms with Crippen LogP contribution < -0.4 is 5.32 Å². The first-order valence-electron chi connectivity index (χ1n) is 4.93. The van der Waals surface area contributed by atoms with Crippen molar-refractivity contribution in [3.8, 4) is 0 Å². The highest BCUT2D eigenvalue weighted by Crippen LogP contribution is 2.28. The van der Waals surface area contributed by atoms with Crippen LogP contribution in [0, 0.1) is 0 Å². The summed E-state index contributed by atoms with van der Waals surface area (Å²) in [6.07, 6.45) is 1.51. The third kappa shape index (κ3) is 3.18. The molecule has 0 saturated carbocycles. The molecule has 0 aromatic heterocycles. The first-order valence-corrected chi connectivity index (χ1v) is 5.72. The molecule has 0 aliphatic carbocycles. The van der Waals surface area contributed by atoms with Crippen LogP contribution in [0.1, 0.15) is 24.4 Å². The highest BCUT2D eigenvalue weighted by atomic mass is 79.9. The van der Waals surface area contributed by atoms with Gasteiger partial charge in [-0.2, -0.15) is 0 Å². The van der Waals surface area contributed by atoms with Crippen molar-refractivity contribution in [1.29, 1.82) is 0 Å². The molecule has 1 aromatic rings. The highest BCUT2D eigenvalue weighted by molar-refractivity contribution is 9.10. The van der Waals surface area contributed by atoms with Gasteiger partial charge in [-0.05, 0) is 31.0 Å². The molecule has 15 heavy (non-hydrogen) atoms. The van der Waals surface area contributed by atoms with E-state index in [0.29, 0.717) is 0 Å². The van der Waals surface area contributed by atoms with Gasteiger partial charge in [0.15, 0.2) is 0 Å². The van der Waals surface area contributed by atoms with E-state index < -0.39 is 0 Å². The normalized spacial score (nSPS) is 25.7. The second kappa shape index (κ2) is 5.85. The molecule has 1 fully saturated rings. The lowest BCUT2D eigenvalue weighted by Gasteiger charge is -2.28. The zero-order valence-electron chi connectivity index (χ0n) is 8.32. The van der Waals surface area contributed by atoms with Crippen LogP contribution in [0.3, 0.4) is 0 Å². The third-order valence-electron chi connectivity index (χ3n) is 2.66. The topological polar surface area (TPSA) is 32.3 Å². The monoisotopic (exact) mass is 291 g/mol. The van der Waals surface area contributed by atoms with Crippen molar-refractivity contribution < 1.29 is 5.11 Å². The molecule has 0 amide bonds. The summed E-state index contributed by atoms with van der Waals surface area (Å²) in [4.78, 5) is 0. The lowest BCUT2D eigenvalue weighted by atomic mass is 9.96. The van der Waals surface area contributed by atoms with Gasteiger partial charge in [0.1, 0.15) is 0 Å². The Morgan fingerprint density at radius 1 is 1.33 bits per heavy atom. The van der Waals surface area contributed by atoms with Gasteiger partial charge >= 0.3 is 0 Å². The van der Waals surface area contributed by atoms with E-state index in [-0.39, 0.29) is 24.6 Å². The van der Waals surface area contributed by atoms with E-state index in [4.69, 9.17) is 0 Å². The predicted molar refractivity (Wildman–Crippen MR) is 67.4 cm³/mol. The van der Waals surface area contributed by atoms with Gasteiger partial charge in [0.25, 0.3) is 0 Å². The smallest absolute Gasteiger partial charge is 0.0570 e. The van der Waals surface area contributed by atoms with Crippen molar-refractivity contribution in [3.05, 3.63) is 34.3 Å². The number of piperidine rings is 1. The number of aliphatic hydroxyl groups excluding tert-OH is 1. The summed E-state index contributed by atoms with van der Waals surface area (Å²) in [7, 11) is 0. The van der Waals surface area contributed by atoms with Gasteiger partial charge in [-0.15, -0.1) is 12.4 Å². The minimum atomic E-state index is -0.159. The Hall–Kier alpha value is -0.0900. The maximum Gasteiger partial charge on any atom is 0.0570 e. The fourth-order valence-corrected chi connectivity index (χ4v) is 2.45. The van der Waals surface area contributed by atoms with Gasteiger partial charge in [-0.1, -0.05) is 34.1 Å². The van der Waals surface area contributed by atoms with Crippen molar-refractivity contribution in [3.63, 3.8) is 0 Å². The molecule has 2 unspecified atom stereocenters. The number of benzene rings is 1. The molecular formula is C11H15BrClNO. The Bertz CT molecular complexity index is 321. The molecule has 1 saturated heterocycles. The standard InChI is InChI=1S/C11H14BrNO.ClH/c12-10-4-2-1-3-9(10)11-7-8(14)5-6-13-11;/h1-4,8,11,13-14H,5-7H2;1H. The molecule has 2 N–H and O–H groups in total. The fraction of sp³-hybridized carbons (Fsp3) is 0.455. The number of aliphatic hydroxyl groups is 1. The molecule has 4 heteroatoms. The van der Waals surface area contributed by atoms with Crippen molar-refractivity contribution in [1.82, 2.24) is 5.32 Å². The summed E-state index contributed by atoms with van der Waals surface area (Å²) in [5.41, 5.74) is 1.24. The Kier molecular flexibility index (Phi) is 5.06. The van der Waals surface area contributed by atoms with Crippen LogP contribution in [-0.4, -0.2) is 17.8 Å². The molecule has 2 atom stereocenters. The molecule has 1 aliphatic heterocycles. The first kappa shape index (κ1) is 13.0.